The van der Waals surface area contributed by atoms with E-state index in [4.69, 9.17) is 17.3 Å². The van der Waals surface area contributed by atoms with E-state index in [2.05, 4.69) is 5.32 Å². The fourth-order valence-corrected chi connectivity index (χ4v) is 2.38. The molecule has 0 radical (unpaired) electrons. The summed E-state index contributed by atoms with van der Waals surface area (Å²) in [7, 11) is 0. The summed E-state index contributed by atoms with van der Waals surface area (Å²) in [6, 6.07) is 7.12. The van der Waals surface area contributed by atoms with Crippen molar-refractivity contribution in [3.05, 3.63) is 29.3 Å². The maximum atomic E-state index is 12.0. The van der Waals surface area contributed by atoms with Gasteiger partial charge in [0.2, 0.25) is 5.91 Å². The van der Waals surface area contributed by atoms with Crippen molar-refractivity contribution < 1.29 is 4.79 Å². The molecule has 0 heterocycles. The van der Waals surface area contributed by atoms with Gasteiger partial charge in [-0.15, -0.1) is 0 Å². The summed E-state index contributed by atoms with van der Waals surface area (Å²) in [6.45, 7) is 0. The van der Waals surface area contributed by atoms with Crippen molar-refractivity contribution in [2.75, 3.05) is 5.32 Å². The van der Waals surface area contributed by atoms with Crippen LogP contribution in [0.5, 0.6) is 0 Å². The van der Waals surface area contributed by atoms with Crippen molar-refractivity contribution in [2.45, 2.75) is 31.7 Å². The van der Waals surface area contributed by atoms with Crippen LogP contribution in [0.3, 0.4) is 0 Å². The van der Waals surface area contributed by atoms with Crippen LogP contribution < -0.4 is 11.1 Å². The molecule has 0 aromatic heterocycles. The fraction of sp³-hybridized carbons (Fsp3) is 0.462. The third kappa shape index (κ3) is 3.20. The average Bonchev–Trinajstić information content (AvgIpc) is 2.32. The van der Waals surface area contributed by atoms with Gasteiger partial charge in [0, 0.05) is 16.8 Å². The predicted molar refractivity (Wildman–Crippen MR) is 70.0 cm³/mol. The number of anilines is 1. The minimum absolute atomic E-state index is 0.00366. The number of hydrogen-bond donors (Lipinski definition) is 2. The zero-order valence-corrected chi connectivity index (χ0v) is 10.4. The number of rotatable bonds is 2. The molecule has 0 aliphatic heterocycles. The van der Waals surface area contributed by atoms with Crippen LogP contribution in [0.2, 0.25) is 5.02 Å². The summed E-state index contributed by atoms with van der Waals surface area (Å²) < 4.78 is 0. The van der Waals surface area contributed by atoms with Gasteiger partial charge in [-0.1, -0.05) is 24.4 Å². The lowest BCUT2D eigenvalue weighted by Gasteiger charge is -2.27. The van der Waals surface area contributed by atoms with Gasteiger partial charge >= 0.3 is 0 Å². The molecule has 1 saturated carbocycles. The van der Waals surface area contributed by atoms with Gasteiger partial charge in [-0.3, -0.25) is 4.79 Å². The summed E-state index contributed by atoms with van der Waals surface area (Å²) in [4.78, 5) is 12.0. The van der Waals surface area contributed by atoms with Gasteiger partial charge in [-0.25, -0.2) is 0 Å². The van der Waals surface area contributed by atoms with Crippen LogP contribution in [-0.4, -0.2) is 11.9 Å². The van der Waals surface area contributed by atoms with Gasteiger partial charge in [-0.05, 0) is 37.1 Å². The number of nitrogens with one attached hydrogen (secondary N) is 1. The van der Waals surface area contributed by atoms with Crippen LogP contribution >= 0.6 is 11.6 Å². The van der Waals surface area contributed by atoms with E-state index in [0.29, 0.717) is 5.02 Å². The molecule has 2 rings (SSSR count). The molecule has 1 aromatic carbocycles. The highest BCUT2D eigenvalue weighted by atomic mass is 35.5. The molecule has 4 heteroatoms. The lowest BCUT2D eigenvalue weighted by molar-refractivity contribution is -0.121. The Morgan fingerprint density at radius 1 is 1.24 bits per heavy atom. The predicted octanol–water partition coefficient (Wildman–Crippen LogP) is 2.80. The second-order valence-corrected chi connectivity index (χ2v) is 4.99. The van der Waals surface area contributed by atoms with Crippen molar-refractivity contribution in [3.63, 3.8) is 0 Å². The van der Waals surface area contributed by atoms with Crippen LogP contribution in [0.4, 0.5) is 5.69 Å². The minimum Gasteiger partial charge on any atom is -0.327 e. The first-order chi connectivity index (χ1) is 8.16. The molecule has 1 aliphatic rings. The maximum Gasteiger partial charge on any atom is 0.229 e. The molecule has 0 spiro atoms. The Balaban J connectivity index is 1.98. The number of carbonyl (C=O) groups excluding carboxylic acids is 1. The summed E-state index contributed by atoms with van der Waals surface area (Å²) in [5.74, 6) is -0.0287. The van der Waals surface area contributed by atoms with E-state index in [1.54, 1.807) is 24.3 Å². The van der Waals surface area contributed by atoms with Crippen LogP contribution in [0.25, 0.3) is 0 Å². The van der Waals surface area contributed by atoms with Gasteiger partial charge in [-0.2, -0.15) is 0 Å². The molecule has 0 saturated heterocycles. The minimum atomic E-state index is -0.0561. The Hall–Kier alpha value is -1.06. The van der Waals surface area contributed by atoms with E-state index in [9.17, 15) is 4.79 Å². The summed E-state index contributed by atoms with van der Waals surface area (Å²) in [6.07, 6.45) is 4.05. The quantitative estimate of drug-likeness (QED) is 0.850. The second-order valence-electron chi connectivity index (χ2n) is 4.55. The summed E-state index contributed by atoms with van der Waals surface area (Å²) >= 11 is 5.79. The van der Waals surface area contributed by atoms with E-state index in [0.717, 1.165) is 31.4 Å². The molecule has 92 valence electrons. The molecule has 3 N–H and O–H groups in total. The van der Waals surface area contributed by atoms with Crippen molar-refractivity contribution >= 4 is 23.2 Å². The average molecular weight is 253 g/mol. The van der Waals surface area contributed by atoms with Crippen LogP contribution in [-0.2, 0) is 4.79 Å². The molecule has 1 aromatic rings. The monoisotopic (exact) mass is 252 g/mol. The van der Waals surface area contributed by atoms with Crippen molar-refractivity contribution in [1.82, 2.24) is 0 Å². The van der Waals surface area contributed by atoms with Gasteiger partial charge in [0.25, 0.3) is 0 Å². The van der Waals surface area contributed by atoms with Gasteiger partial charge < -0.3 is 11.1 Å². The van der Waals surface area contributed by atoms with Crippen LogP contribution in [0, 0.1) is 5.92 Å². The highest BCUT2D eigenvalue weighted by molar-refractivity contribution is 6.30. The van der Waals surface area contributed by atoms with Crippen molar-refractivity contribution in [3.8, 4) is 0 Å². The number of halogens is 1. The van der Waals surface area contributed by atoms with Gasteiger partial charge in [0.1, 0.15) is 0 Å². The molecule has 1 fully saturated rings. The fourth-order valence-electron chi connectivity index (χ4n) is 2.25. The largest absolute Gasteiger partial charge is 0.327 e. The number of benzene rings is 1. The van der Waals surface area contributed by atoms with E-state index < -0.39 is 0 Å². The van der Waals surface area contributed by atoms with E-state index in [1.165, 1.54) is 0 Å². The standard InChI is InChI=1S/C13H17ClN2O/c14-9-5-7-10(8-6-9)16-13(17)11-3-1-2-4-12(11)15/h5-8,11-12H,1-4,15H2,(H,16,17)/t11-,12-/m1/s1. The molecular formula is C13H17ClN2O. The summed E-state index contributed by atoms with van der Waals surface area (Å²) in [5.41, 5.74) is 6.75. The first-order valence-corrected chi connectivity index (χ1v) is 6.36. The first-order valence-electron chi connectivity index (χ1n) is 5.99. The smallest absolute Gasteiger partial charge is 0.229 e. The highest BCUT2D eigenvalue weighted by Crippen LogP contribution is 2.24. The van der Waals surface area contributed by atoms with Gasteiger partial charge in [0.15, 0.2) is 0 Å². The van der Waals surface area contributed by atoms with E-state index in [-0.39, 0.29) is 17.9 Å². The van der Waals surface area contributed by atoms with E-state index >= 15 is 0 Å². The topological polar surface area (TPSA) is 55.1 Å². The zero-order chi connectivity index (χ0) is 12.3. The molecule has 0 bridgehead atoms. The number of amides is 1. The molecule has 1 amide bonds. The lowest BCUT2D eigenvalue weighted by Crippen LogP contribution is -2.40. The molecule has 0 unspecified atom stereocenters. The zero-order valence-electron chi connectivity index (χ0n) is 9.66. The first kappa shape index (κ1) is 12.4. The van der Waals surface area contributed by atoms with E-state index in [1.807, 2.05) is 0 Å². The molecule has 2 atom stereocenters. The molecular weight excluding hydrogens is 236 g/mol. The Bertz CT molecular complexity index is 391. The second kappa shape index (κ2) is 5.52. The normalized spacial score (nSPS) is 24.4. The summed E-state index contributed by atoms with van der Waals surface area (Å²) in [5, 5.41) is 3.56. The Morgan fingerprint density at radius 2 is 1.88 bits per heavy atom. The third-order valence-corrected chi connectivity index (χ3v) is 3.52. The van der Waals surface area contributed by atoms with Gasteiger partial charge in [0.05, 0.1) is 5.92 Å². The number of nitrogens with two attached hydrogens (primary N) is 1. The molecule has 1 aliphatic carbocycles. The van der Waals surface area contributed by atoms with Crippen molar-refractivity contribution in [1.29, 1.82) is 0 Å². The number of carbonyl (C=O) groups is 1. The lowest BCUT2D eigenvalue weighted by atomic mass is 9.84. The highest BCUT2D eigenvalue weighted by Gasteiger charge is 2.28. The molecule has 17 heavy (non-hydrogen) atoms. The third-order valence-electron chi connectivity index (χ3n) is 3.27. The SMILES string of the molecule is N[C@@H]1CCCC[C@H]1C(=O)Nc1ccc(Cl)cc1. The Morgan fingerprint density at radius 3 is 2.53 bits per heavy atom. The van der Waals surface area contributed by atoms with Crippen LogP contribution in [0.1, 0.15) is 25.7 Å². The number of hydrogen-bond acceptors (Lipinski definition) is 2. The van der Waals surface area contributed by atoms with Crippen LogP contribution in [0.15, 0.2) is 24.3 Å². The maximum absolute atomic E-state index is 12.0. The van der Waals surface area contributed by atoms with Crippen molar-refractivity contribution in [2.24, 2.45) is 11.7 Å². The Kier molecular flexibility index (Phi) is 4.02. The Labute approximate surface area is 106 Å². The molecule has 3 nitrogen and oxygen atoms in total.